The molecule has 0 aliphatic carbocycles. The summed E-state index contributed by atoms with van der Waals surface area (Å²) in [6.07, 6.45) is 8.34. The first kappa shape index (κ1) is 23.1. The number of nitrogens with zero attached hydrogens (tertiary/aromatic N) is 5. The predicted molar refractivity (Wildman–Crippen MR) is 134 cm³/mol. The number of hydrogen-bond donors (Lipinski definition) is 1. The highest BCUT2D eigenvalue weighted by molar-refractivity contribution is 7.92. The van der Waals surface area contributed by atoms with Crippen LogP contribution in [0.3, 0.4) is 0 Å². The molecule has 1 aromatic carbocycles. The highest BCUT2D eigenvalue weighted by Gasteiger charge is 2.22. The summed E-state index contributed by atoms with van der Waals surface area (Å²) in [5, 5.41) is 1.55. The summed E-state index contributed by atoms with van der Waals surface area (Å²) < 4.78 is 34.7. The van der Waals surface area contributed by atoms with Gasteiger partial charge in [-0.2, -0.15) is 0 Å². The van der Waals surface area contributed by atoms with Crippen LogP contribution in [0.1, 0.15) is 18.4 Å². The van der Waals surface area contributed by atoms with Gasteiger partial charge < -0.3 is 9.64 Å². The number of anilines is 1. The van der Waals surface area contributed by atoms with E-state index in [-0.39, 0.29) is 16.8 Å². The van der Waals surface area contributed by atoms with Crippen LogP contribution < -0.4 is 9.46 Å². The van der Waals surface area contributed by atoms with Gasteiger partial charge in [0.15, 0.2) is 0 Å². The smallest absolute Gasteiger partial charge is 0.263 e. The minimum Gasteiger partial charge on any atom is -0.473 e. The summed E-state index contributed by atoms with van der Waals surface area (Å²) in [6.45, 7) is 3.89. The molecule has 1 aliphatic heterocycles. The highest BCUT2D eigenvalue weighted by Crippen LogP contribution is 2.34. The number of fused-ring (bicyclic) bond motifs is 1. The van der Waals surface area contributed by atoms with Gasteiger partial charge in [0.05, 0.1) is 16.2 Å². The van der Waals surface area contributed by atoms with Crippen LogP contribution in [0.15, 0.2) is 66.2 Å². The fourth-order valence-corrected chi connectivity index (χ4v) is 5.32. The summed E-state index contributed by atoms with van der Waals surface area (Å²) in [7, 11) is -1.73. The maximum atomic E-state index is 12.9. The van der Waals surface area contributed by atoms with Gasteiger partial charge >= 0.3 is 0 Å². The Hall–Kier alpha value is -3.63. The molecular formula is C25H26N6O3S. The van der Waals surface area contributed by atoms with E-state index in [4.69, 9.17) is 4.74 Å². The van der Waals surface area contributed by atoms with Gasteiger partial charge in [-0.25, -0.2) is 23.4 Å². The van der Waals surface area contributed by atoms with Crippen molar-refractivity contribution in [1.29, 1.82) is 0 Å². The zero-order valence-corrected chi connectivity index (χ0v) is 20.4. The average molecular weight is 491 g/mol. The molecule has 0 saturated carbocycles. The Morgan fingerprint density at radius 3 is 2.77 bits per heavy atom. The van der Waals surface area contributed by atoms with Gasteiger partial charge in [-0.1, -0.05) is 6.07 Å². The minimum atomic E-state index is -3.82. The second-order valence-corrected chi connectivity index (χ2v) is 10.4. The Kier molecular flexibility index (Phi) is 6.31. The van der Waals surface area contributed by atoms with E-state index in [9.17, 15) is 8.42 Å². The molecule has 3 aromatic heterocycles. The molecular weight excluding hydrogens is 464 g/mol. The highest BCUT2D eigenvalue weighted by atomic mass is 32.2. The summed E-state index contributed by atoms with van der Waals surface area (Å²) in [5.41, 5.74) is 2.48. The second-order valence-electron chi connectivity index (χ2n) is 8.75. The van der Waals surface area contributed by atoms with E-state index in [1.807, 2.05) is 13.0 Å². The van der Waals surface area contributed by atoms with Crippen LogP contribution in [-0.2, 0) is 10.0 Å². The topological polar surface area (TPSA) is 110 Å². The molecule has 1 unspecified atom stereocenters. The maximum Gasteiger partial charge on any atom is 0.263 e. The monoisotopic (exact) mass is 490 g/mol. The quantitative estimate of drug-likeness (QED) is 0.436. The molecule has 1 N–H and O–H groups in total. The van der Waals surface area contributed by atoms with E-state index in [0.29, 0.717) is 11.6 Å². The van der Waals surface area contributed by atoms with Crippen LogP contribution in [0.2, 0.25) is 0 Å². The average Bonchev–Trinajstić information content (AvgIpc) is 2.85. The molecule has 9 nitrogen and oxygen atoms in total. The van der Waals surface area contributed by atoms with Crippen molar-refractivity contribution in [3.05, 3.63) is 66.9 Å². The zero-order chi connectivity index (χ0) is 24.4. The van der Waals surface area contributed by atoms with E-state index >= 15 is 0 Å². The van der Waals surface area contributed by atoms with Crippen LogP contribution >= 0.6 is 0 Å². The van der Waals surface area contributed by atoms with Crippen LogP contribution in [0.4, 0.5) is 5.82 Å². The van der Waals surface area contributed by atoms with Gasteiger partial charge in [0.1, 0.15) is 18.2 Å². The number of ether oxygens (including phenoxy) is 1. The molecule has 0 amide bonds. The van der Waals surface area contributed by atoms with Crippen LogP contribution in [0, 0.1) is 6.92 Å². The number of sulfonamides is 1. The lowest BCUT2D eigenvalue weighted by Gasteiger charge is -2.30. The van der Waals surface area contributed by atoms with E-state index in [1.165, 1.54) is 18.6 Å². The van der Waals surface area contributed by atoms with E-state index in [2.05, 4.69) is 36.6 Å². The number of hydrogen-bond acceptors (Lipinski definition) is 8. The zero-order valence-electron chi connectivity index (χ0n) is 19.5. The minimum absolute atomic E-state index is 0.0577. The maximum absolute atomic E-state index is 12.9. The van der Waals surface area contributed by atoms with Gasteiger partial charge in [0, 0.05) is 30.5 Å². The predicted octanol–water partition coefficient (Wildman–Crippen LogP) is 3.67. The van der Waals surface area contributed by atoms with Crippen LogP contribution in [-0.4, -0.2) is 59.5 Å². The Balaban J connectivity index is 1.52. The molecule has 1 saturated heterocycles. The van der Waals surface area contributed by atoms with Crippen LogP contribution in [0.5, 0.6) is 5.88 Å². The Bertz CT molecular complexity index is 1460. The fourth-order valence-electron chi connectivity index (χ4n) is 4.28. The molecule has 35 heavy (non-hydrogen) atoms. The van der Waals surface area contributed by atoms with Crippen molar-refractivity contribution in [3.8, 4) is 17.1 Å². The summed E-state index contributed by atoms with van der Waals surface area (Å²) in [6, 6.07) is 10.3. The Morgan fingerprint density at radius 1 is 1.09 bits per heavy atom. The summed E-state index contributed by atoms with van der Waals surface area (Å²) in [5.74, 6) is 0.745. The third-order valence-electron chi connectivity index (χ3n) is 5.97. The molecule has 0 radical (unpaired) electrons. The van der Waals surface area contributed by atoms with Gasteiger partial charge in [-0.3, -0.25) is 9.71 Å². The number of likely N-dealkylation sites (tertiary alicyclic amines) is 1. The molecule has 0 bridgehead atoms. The van der Waals surface area contributed by atoms with Crippen LogP contribution in [0.25, 0.3) is 22.0 Å². The van der Waals surface area contributed by atoms with Crippen molar-refractivity contribution < 1.29 is 13.2 Å². The molecule has 5 rings (SSSR count). The molecule has 4 aromatic rings. The number of benzene rings is 1. The number of piperidine rings is 1. The Morgan fingerprint density at radius 2 is 1.97 bits per heavy atom. The fraction of sp³-hybridized carbons (Fsp3) is 0.280. The lowest BCUT2D eigenvalue weighted by Crippen LogP contribution is -2.38. The SMILES string of the molecule is Cc1cnc(OC2CCCN(C)C2)c(-c2nccc3cc(S(=O)(=O)Nc4ccncn4)ccc23)c1. The van der Waals surface area contributed by atoms with Gasteiger partial charge in [-0.05, 0) is 74.6 Å². The van der Waals surface area contributed by atoms with E-state index in [1.54, 1.807) is 36.7 Å². The first-order valence-electron chi connectivity index (χ1n) is 11.4. The second kappa shape index (κ2) is 9.55. The van der Waals surface area contributed by atoms with E-state index < -0.39 is 10.0 Å². The molecule has 1 atom stereocenters. The van der Waals surface area contributed by atoms with Crippen molar-refractivity contribution in [1.82, 2.24) is 24.8 Å². The Labute approximate surface area is 204 Å². The molecule has 0 spiro atoms. The molecule has 1 aliphatic rings. The van der Waals surface area contributed by atoms with Gasteiger partial charge in [-0.15, -0.1) is 0 Å². The third-order valence-corrected chi connectivity index (χ3v) is 7.32. The number of nitrogens with one attached hydrogen (secondary N) is 1. The lowest BCUT2D eigenvalue weighted by atomic mass is 10.0. The standard InChI is InChI=1S/C25H26N6O3S/c1-17-12-22(25(28-14-17)34-19-4-3-11-31(2)15-19)24-21-6-5-20(13-18(21)7-10-27-24)35(32,33)30-23-8-9-26-16-29-23/h5-10,12-14,16,19H,3-4,11,15H2,1-2H3,(H,26,29,30). The number of pyridine rings is 2. The van der Waals surface area contributed by atoms with Crippen molar-refractivity contribution in [2.75, 3.05) is 24.9 Å². The van der Waals surface area contributed by atoms with Crippen molar-refractivity contribution in [3.63, 3.8) is 0 Å². The number of aromatic nitrogens is 4. The normalized spacial score (nSPS) is 16.8. The van der Waals surface area contributed by atoms with Gasteiger partial charge in [0.2, 0.25) is 5.88 Å². The third kappa shape index (κ3) is 5.08. The van der Waals surface area contributed by atoms with Crippen molar-refractivity contribution in [2.24, 2.45) is 0 Å². The van der Waals surface area contributed by atoms with Gasteiger partial charge in [0.25, 0.3) is 10.0 Å². The number of rotatable bonds is 6. The molecule has 10 heteroatoms. The van der Waals surface area contributed by atoms with E-state index in [0.717, 1.165) is 47.8 Å². The van der Waals surface area contributed by atoms with Crippen molar-refractivity contribution >= 4 is 26.6 Å². The van der Waals surface area contributed by atoms with Crippen molar-refractivity contribution in [2.45, 2.75) is 30.8 Å². The number of likely N-dealkylation sites (N-methyl/N-ethyl adjacent to an activating group) is 1. The molecule has 180 valence electrons. The first-order valence-corrected chi connectivity index (χ1v) is 12.9. The molecule has 4 heterocycles. The largest absolute Gasteiger partial charge is 0.473 e. The first-order chi connectivity index (χ1) is 16.9. The number of aryl methyl sites for hydroxylation is 1. The summed E-state index contributed by atoms with van der Waals surface area (Å²) in [4.78, 5) is 19.4. The molecule has 1 fully saturated rings. The summed E-state index contributed by atoms with van der Waals surface area (Å²) >= 11 is 0. The lowest BCUT2D eigenvalue weighted by molar-refractivity contribution is 0.101.